The van der Waals surface area contributed by atoms with Crippen molar-refractivity contribution < 1.29 is 22.7 Å². The summed E-state index contributed by atoms with van der Waals surface area (Å²) in [5, 5.41) is 2.96. The molecule has 0 aliphatic carbocycles. The van der Waals surface area contributed by atoms with E-state index in [4.69, 9.17) is 9.47 Å². The van der Waals surface area contributed by atoms with Crippen LogP contribution in [0.4, 0.5) is 5.69 Å². The SMILES string of the molecule is COc1ccc(NS(=O)(=O)c2cccc(C(=O)NCC(C)(C)N3C[C@@H](C)O[C@H](C)C3)c2)cc1. The van der Waals surface area contributed by atoms with Crippen molar-refractivity contribution in [3.63, 3.8) is 0 Å². The van der Waals surface area contributed by atoms with Gasteiger partial charge in [0.05, 0.1) is 24.2 Å². The molecule has 2 N–H and O–H groups in total. The van der Waals surface area contributed by atoms with E-state index >= 15 is 0 Å². The first kappa shape index (κ1) is 25.0. The van der Waals surface area contributed by atoms with Crippen LogP contribution in [0.25, 0.3) is 0 Å². The van der Waals surface area contributed by atoms with Crippen LogP contribution in [0, 0.1) is 0 Å². The van der Waals surface area contributed by atoms with Crippen molar-refractivity contribution in [3.05, 3.63) is 54.1 Å². The summed E-state index contributed by atoms with van der Waals surface area (Å²) in [6.07, 6.45) is 0.257. The lowest BCUT2D eigenvalue weighted by Gasteiger charge is -2.45. The van der Waals surface area contributed by atoms with Crippen molar-refractivity contribution >= 4 is 21.6 Å². The van der Waals surface area contributed by atoms with Gasteiger partial charge < -0.3 is 14.8 Å². The maximum atomic E-state index is 12.8. The molecule has 0 radical (unpaired) electrons. The monoisotopic (exact) mass is 475 g/mol. The molecular weight excluding hydrogens is 442 g/mol. The van der Waals surface area contributed by atoms with Gasteiger partial charge in [-0.2, -0.15) is 0 Å². The molecule has 1 amide bonds. The molecule has 9 heteroatoms. The number of methoxy groups -OCH3 is 1. The molecule has 2 aromatic carbocycles. The zero-order valence-corrected chi connectivity index (χ0v) is 20.6. The number of morpholine rings is 1. The molecule has 3 rings (SSSR count). The Labute approximate surface area is 196 Å². The molecular formula is C24H33N3O5S. The topological polar surface area (TPSA) is 97.0 Å². The van der Waals surface area contributed by atoms with E-state index in [0.717, 1.165) is 13.1 Å². The van der Waals surface area contributed by atoms with Gasteiger partial charge in [0, 0.05) is 36.4 Å². The summed E-state index contributed by atoms with van der Waals surface area (Å²) in [4.78, 5) is 15.2. The summed E-state index contributed by atoms with van der Waals surface area (Å²) in [6.45, 7) is 10.3. The van der Waals surface area contributed by atoms with Crippen LogP contribution >= 0.6 is 0 Å². The van der Waals surface area contributed by atoms with Crippen molar-refractivity contribution in [2.45, 2.75) is 50.3 Å². The lowest BCUT2D eigenvalue weighted by atomic mass is 10.00. The van der Waals surface area contributed by atoms with Gasteiger partial charge in [0.15, 0.2) is 0 Å². The Balaban J connectivity index is 1.67. The second kappa shape index (κ2) is 10.1. The number of amides is 1. The minimum Gasteiger partial charge on any atom is -0.497 e. The van der Waals surface area contributed by atoms with E-state index in [1.54, 1.807) is 43.5 Å². The largest absolute Gasteiger partial charge is 0.497 e. The van der Waals surface area contributed by atoms with Gasteiger partial charge in [0.2, 0.25) is 0 Å². The number of hydrogen-bond donors (Lipinski definition) is 2. The number of benzene rings is 2. The summed E-state index contributed by atoms with van der Waals surface area (Å²) >= 11 is 0. The number of rotatable bonds is 8. The normalized spacial score (nSPS) is 19.7. The van der Waals surface area contributed by atoms with E-state index in [1.165, 1.54) is 12.1 Å². The van der Waals surface area contributed by atoms with Crippen LogP contribution < -0.4 is 14.8 Å². The standard InChI is InChI=1S/C24H33N3O5S/c1-17-14-27(15-18(2)32-17)24(3,4)16-25-23(28)19-7-6-8-22(13-19)33(29,30)26-20-9-11-21(31-5)12-10-20/h6-13,17-18,26H,14-16H2,1-5H3,(H,25,28)/t17-,18-/m1/s1. The molecule has 180 valence electrons. The third-order valence-electron chi connectivity index (χ3n) is 5.71. The van der Waals surface area contributed by atoms with Gasteiger partial charge in [0.25, 0.3) is 15.9 Å². The summed E-state index contributed by atoms with van der Waals surface area (Å²) < 4.78 is 39.1. The number of ether oxygens (including phenoxy) is 2. The predicted molar refractivity (Wildman–Crippen MR) is 128 cm³/mol. The molecule has 0 bridgehead atoms. The lowest BCUT2D eigenvalue weighted by molar-refractivity contribution is -0.0948. The zero-order chi connectivity index (χ0) is 24.2. The predicted octanol–water partition coefficient (Wildman–Crippen LogP) is 3.11. The van der Waals surface area contributed by atoms with Gasteiger partial charge in [-0.15, -0.1) is 0 Å². The molecule has 33 heavy (non-hydrogen) atoms. The van der Waals surface area contributed by atoms with Crippen LogP contribution in [0.1, 0.15) is 38.1 Å². The van der Waals surface area contributed by atoms with Gasteiger partial charge in [-0.3, -0.25) is 14.4 Å². The fraction of sp³-hybridized carbons (Fsp3) is 0.458. The zero-order valence-electron chi connectivity index (χ0n) is 19.8. The van der Waals surface area contributed by atoms with E-state index in [9.17, 15) is 13.2 Å². The van der Waals surface area contributed by atoms with Gasteiger partial charge in [0.1, 0.15) is 5.75 Å². The van der Waals surface area contributed by atoms with E-state index in [0.29, 0.717) is 18.0 Å². The average molecular weight is 476 g/mol. The first-order valence-corrected chi connectivity index (χ1v) is 12.4. The lowest BCUT2D eigenvalue weighted by Crippen LogP contribution is -2.58. The molecule has 1 heterocycles. The van der Waals surface area contributed by atoms with Crippen LogP contribution in [0.15, 0.2) is 53.4 Å². The second-order valence-electron chi connectivity index (χ2n) is 9.02. The van der Waals surface area contributed by atoms with Crippen molar-refractivity contribution in [2.24, 2.45) is 0 Å². The summed E-state index contributed by atoms with van der Waals surface area (Å²) in [7, 11) is -2.31. The summed E-state index contributed by atoms with van der Waals surface area (Å²) in [5.41, 5.74) is 0.412. The first-order valence-electron chi connectivity index (χ1n) is 11.0. The molecule has 0 unspecified atom stereocenters. The van der Waals surface area contributed by atoms with Crippen LogP contribution in [0.2, 0.25) is 0 Å². The quantitative estimate of drug-likeness (QED) is 0.609. The number of nitrogens with one attached hydrogen (secondary N) is 2. The minimum absolute atomic E-state index is 0.0149. The molecule has 1 saturated heterocycles. The Bertz CT molecular complexity index is 1060. The maximum absolute atomic E-state index is 12.8. The molecule has 8 nitrogen and oxygen atoms in total. The Kier molecular flexibility index (Phi) is 7.66. The average Bonchev–Trinajstić information content (AvgIpc) is 2.77. The smallest absolute Gasteiger partial charge is 0.261 e. The molecule has 2 aromatic rings. The number of hydrogen-bond acceptors (Lipinski definition) is 6. The fourth-order valence-corrected chi connectivity index (χ4v) is 4.96. The summed E-state index contributed by atoms with van der Waals surface area (Å²) in [5.74, 6) is 0.305. The van der Waals surface area contributed by atoms with Crippen LogP contribution in [0.5, 0.6) is 5.75 Å². The van der Waals surface area contributed by atoms with Gasteiger partial charge in [-0.1, -0.05) is 6.07 Å². The Morgan fingerprint density at radius 3 is 2.36 bits per heavy atom. The summed E-state index contributed by atoms with van der Waals surface area (Å²) in [6, 6.07) is 12.6. The van der Waals surface area contributed by atoms with Crippen molar-refractivity contribution in [2.75, 3.05) is 31.5 Å². The first-order chi connectivity index (χ1) is 15.5. The number of anilines is 1. The fourth-order valence-electron chi connectivity index (χ4n) is 3.86. The van der Waals surface area contributed by atoms with E-state index in [2.05, 4.69) is 28.8 Å². The number of carbonyl (C=O) groups is 1. The Morgan fingerprint density at radius 2 is 1.76 bits per heavy atom. The van der Waals surface area contributed by atoms with E-state index in [1.807, 2.05) is 13.8 Å². The van der Waals surface area contributed by atoms with Crippen LogP contribution in [0.3, 0.4) is 0 Å². The maximum Gasteiger partial charge on any atom is 0.261 e. The second-order valence-corrected chi connectivity index (χ2v) is 10.7. The van der Waals surface area contributed by atoms with Crippen molar-refractivity contribution in [1.82, 2.24) is 10.2 Å². The highest BCUT2D eigenvalue weighted by Crippen LogP contribution is 2.22. The highest BCUT2D eigenvalue weighted by Gasteiger charge is 2.33. The van der Waals surface area contributed by atoms with E-state index < -0.39 is 10.0 Å². The Hall–Kier alpha value is -2.62. The molecule has 2 atom stereocenters. The molecule has 1 aliphatic heterocycles. The molecule has 0 aromatic heterocycles. The highest BCUT2D eigenvalue weighted by molar-refractivity contribution is 7.92. The van der Waals surface area contributed by atoms with Gasteiger partial charge in [-0.25, -0.2) is 8.42 Å². The Morgan fingerprint density at radius 1 is 1.12 bits per heavy atom. The third-order valence-corrected chi connectivity index (χ3v) is 7.08. The molecule has 0 saturated carbocycles. The number of carbonyl (C=O) groups excluding carboxylic acids is 1. The van der Waals surface area contributed by atoms with E-state index in [-0.39, 0.29) is 34.1 Å². The van der Waals surface area contributed by atoms with Crippen LogP contribution in [-0.4, -0.2) is 63.7 Å². The molecule has 1 fully saturated rings. The van der Waals surface area contributed by atoms with Gasteiger partial charge >= 0.3 is 0 Å². The molecule has 0 spiro atoms. The third kappa shape index (κ3) is 6.46. The number of nitrogens with zero attached hydrogens (tertiary/aromatic N) is 1. The minimum atomic E-state index is -3.85. The van der Waals surface area contributed by atoms with Gasteiger partial charge in [-0.05, 0) is 70.2 Å². The molecule has 1 aliphatic rings. The highest BCUT2D eigenvalue weighted by atomic mass is 32.2. The van der Waals surface area contributed by atoms with Crippen molar-refractivity contribution in [3.8, 4) is 5.75 Å². The van der Waals surface area contributed by atoms with Crippen LogP contribution in [-0.2, 0) is 14.8 Å². The number of sulfonamides is 1. The van der Waals surface area contributed by atoms with Crippen molar-refractivity contribution in [1.29, 1.82) is 0 Å².